The van der Waals surface area contributed by atoms with Crippen molar-refractivity contribution in [1.29, 1.82) is 0 Å². The number of hydrogen-bond donors (Lipinski definition) is 1. The topological polar surface area (TPSA) is 54.4 Å². The first kappa shape index (κ1) is 12.0. The van der Waals surface area contributed by atoms with Crippen LogP contribution in [-0.2, 0) is 27.5 Å². The molecular formula is CHCrF3O3S. The summed E-state index contributed by atoms with van der Waals surface area (Å²) in [5.74, 6) is 0. The maximum absolute atomic E-state index is 10.7. The van der Waals surface area contributed by atoms with Gasteiger partial charge in [-0.2, -0.15) is 21.6 Å². The van der Waals surface area contributed by atoms with E-state index >= 15 is 0 Å². The number of hydrogen-bond acceptors (Lipinski definition) is 2. The van der Waals surface area contributed by atoms with Gasteiger partial charge in [-0.3, -0.25) is 4.55 Å². The number of halogens is 3. The summed E-state index contributed by atoms with van der Waals surface area (Å²) in [6.07, 6.45) is 0. The first-order valence-electron chi connectivity index (χ1n) is 1.29. The van der Waals surface area contributed by atoms with Crippen LogP contribution in [0.25, 0.3) is 0 Å². The molecule has 0 aliphatic rings. The Bertz CT molecular complexity index is 168. The van der Waals surface area contributed by atoms with Crippen molar-refractivity contribution in [2.45, 2.75) is 5.51 Å². The summed E-state index contributed by atoms with van der Waals surface area (Å²) < 4.78 is 57.5. The Hall–Kier alpha value is 0.232. The average molecular weight is 202 g/mol. The molecule has 0 radical (unpaired) electrons. The summed E-state index contributed by atoms with van der Waals surface area (Å²) in [5, 5.41) is 0. The van der Waals surface area contributed by atoms with Crippen LogP contribution in [0, 0.1) is 0 Å². The molecule has 0 heterocycles. The fraction of sp³-hybridized carbons (Fsp3) is 1.00. The molecule has 0 aromatic heterocycles. The summed E-state index contributed by atoms with van der Waals surface area (Å²) in [4.78, 5) is 0. The summed E-state index contributed by atoms with van der Waals surface area (Å²) in [6, 6.07) is 0. The molecule has 0 fully saturated rings. The Kier molecular flexibility index (Phi) is 3.83. The number of alkyl halides is 3. The third kappa shape index (κ3) is 3.75. The number of rotatable bonds is 0. The molecule has 0 saturated carbocycles. The largest absolute Gasteiger partial charge is 0.522 e. The smallest absolute Gasteiger partial charge is 0.279 e. The van der Waals surface area contributed by atoms with Gasteiger partial charge in [-0.05, 0) is 0 Å². The summed E-state index contributed by atoms with van der Waals surface area (Å²) in [6.45, 7) is 0. The minimum absolute atomic E-state index is 0. The normalized spacial score (nSPS) is 12.4. The Morgan fingerprint density at radius 1 is 1.22 bits per heavy atom. The van der Waals surface area contributed by atoms with Crippen LogP contribution in [0.3, 0.4) is 0 Å². The van der Waals surface area contributed by atoms with Crippen molar-refractivity contribution in [3.8, 4) is 0 Å². The molecule has 0 bridgehead atoms. The van der Waals surface area contributed by atoms with Crippen molar-refractivity contribution in [2.24, 2.45) is 0 Å². The Morgan fingerprint density at radius 2 is 1.33 bits per heavy atom. The van der Waals surface area contributed by atoms with Crippen molar-refractivity contribution in [2.75, 3.05) is 0 Å². The van der Waals surface area contributed by atoms with Gasteiger partial charge in [0.15, 0.2) is 0 Å². The first-order valence-corrected chi connectivity index (χ1v) is 2.73. The summed E-state index contributed by atoms with van der Waals surface area (Å²) in [7, 11) is -5.84. The molecule has 0 aromatic rings. The van der Waals surface area contributed by atoms with E-state index in [2.05, 4.69) is 0 Å². The van der Waals surface area contributed by atoms with Crippen LogP contribution in [0.2, 0.25) is 0 Å². The van der Waals surface area contributed by atoms with Gasteiger partial charge in [0.05, 0.1) is 0 Å². The van der Waals surface area contributed by atoms with Crippen LogP contribution in [-0.4, -0.2) is 18.5 Å². The van der Waals surface area contributed by atoms with E-state index in [-0.39, 0.29) is 17.4 Å². The van der Waals surface area contributed by atoms with Crippen LogP contribution < -0.4 is 0 Å². The molecule has 56 valence electrons. The van der Waals surface area contributed by atoms with E-state index < -0.39 is 15.6 Å². The van der Waals surface area contributed by atoms with E-state index in [1.165, 1.54) is 0 Å². The van der Waals surface area contributed by atoms with E-state index in [0.29, 0.717) is 0 Å². The van der Waals surface area contributed by atoms with E-state index in [4.69, 9.17) is 13.0 Å². The van der Waals surface area contributed by atoms with Crippen LogP contribution >= 0.6 is 0 Å². The minimum atomic E-state index is -5.84. The second kappa shape index (κ2) is 2.88. The van der Waals surface area contributed by atoms with Crippen molar-refractivity contribution in [1.82, 2.24) is 0 Å². The van der Waals surface area contributed by atoms with Gasteiger partial charge in [0.2, 0.25) is 0 Å². The fourth-order valence-corrected chi connectivity index (χ4v) is 0. The fourth-order valence-electron chi connectivity index (χ4n) is 0. The molecule has 1 N–H and O–H groups in total. The Morgan fingerprint density at radius 3 is 1.33 bits per heavy atom. The standard InChI is InChI=1S/CHF3O3S.Cr/c2-1(3,4)8(5,6)7;/h(H,5,6,7);. The molecule has 0 aromatic carbocycles. The minimum Gasteiger partial charge on any atom is -0.279 e. The Balaban J connectivity index is 0. The third-order valence-electron chi connectivity index (χ3n) is 0.292. The zero-order valence-electron chi connectivity index (χ0n) is 3.71. The van der Waals surface area contributed by atoms with Gasteiger partial charge in [-0.25, -0.2) is 0 Å². The molecular weight excluding hydrogens is 201 g/mol. The van der Waals surface area contributed by atoms with Gasteiger partial charge >= 0.3 is 15.6 Å². The van der Waals surface area contributed by atoms with Crippen LogP contribution in [0.5, 0.6) is 0 Å². The van der Waals surface area contributed by atoms with E-state index in [9.17, 15) is 13.2 Å². The van der Waals surface area contributed by atoms with Gasteiger partial charge < -0.3 is 0 Å². The van der Waals surface area contributed by atoms with Crippen molar-refractivity contribution in [3.05, 3.63) is 0 Å². The van der Waals surface area contributed by atoms with Crippen molar-refractivity contribution >= 4 is 10.1 Å². The van der Waals surface area contributed by atoms with Gasteiger partial charge in [0, 0.05) is 17.4 Å². The monoisotopic (exact) mass is 202 g/mol. The second-order valence-corrected chi connectivity index (χ2v) is 2.33. The van der Waals surface area contributed by atoms with Crippen LogP contribution in [0.4, 0.5) is 13.2 Å². The van der Waals surface area contributed by atoms with Crippen molar-refractivity contribution < 1.29 is 43.5 Å². The molecule has 0 aliphatic carbocycles. The van der Waals surface area contributed by atoms with Gasteiger partial charge in [-0.15, -0.1) is 0 Å². The zero-order valence-corrected chi connectivity index (χ0v) is 5.81. The van der Waals surface area contributed by atoms with Gasteiger partial charge in [0.25, 0.3) is 0 Å². The predicted molar refractivity (Wildman–Crippen MR) is 17.6 cm³/mol. The van der Waals surface area contributed by atoms with Crippen LogP contribution in [0.15, 0.2) is 0 Å². The summed E-state index contributed by atoms with van der Waals surface area (Å²) in [5.41, 5.74) is -5.53. The molecule has 0 amide bonds. The zero-order chi connectivity index (χ0) is 7.00. The summed E-state index contributed by atoms with van der Waals surface area (Å²) >= 11 is 0. The maximum Gasteiger partial charge on any atom is 0.522 e. The van der Waals surface area contributed by atoms with Crippen LogP contribution in [0.1, 0.15) is 0 Å². The first-order chi connectivity index (χ1) is 3.25. The molecule has 0 saturated heterocycles. The van der Waals surface area contributed by atoms with Gasteiger partial charge in [0.1, 0.15) is 0 Å². The van der Waals surface area contributed by atoms with E-state index in [0.717, 1.165) is 0 Å². The van der Waals surface area contributed by atoms with E-state index in [1.807, 2.05) is 0 Å². The van der Waals surface area contributed by atoms with E-state index in [1.54, 1.807) is 0 Å². The SMILES string of the molecule is O=S(=O)(O)C(F)(F)F.[Cr]. The van der Waals surface area contributed by atoms with Crippen molar-refractivity contribution in [3.63, 3.8) is 0 Å². The Labute approximate surface area is 59.7 Å². The molecule has 3 nitrogen and oxygen atoms in total. The molecule has 0 rings (SSSR count). The maximum atomic E-state index is 10.7. The molecule has 0 spiro atoms. The quantitative estimate of drug-likeness (QED) is 0.456. The molecule has 9 heavy (non-hydrogen) atoms. The second-order valence-electron chi connectivity index (χ2n) is 0.921. The van der Waals surface area contributed by atoms with Gasteiger partial charge in [-0.1, -0.05) is 0 Å². The molecule has 0 aliphatic heterocycles. The molecule has 0 atom stereocenters. The molecule has 0 unspecified atom stereocenters. The molecule has 8 heteroatoms. The average Bonchev–Trinajstić information content (AvgIpc) is 1.25. The third-order valence-corrected chi connectivity index (χ3v) is 0.877. The predicted octanol–water partition coefficient (Wildman–Crippen LogP) is 0.392.